The Kier molecular flexibility index (Phi) is 3.19. The number of benzene rings is 3. The molecule has 0 N–H and O–H groups in total. The van der Waals surface area contributed by atoms with Gasteiger partial charge in [0.2, 0.25) is 0 Å². The van der Waals surface area contributed by atoms with E-state index in [1.807, 2.05) is 0 Å². The topological polar surface area (TPSA) is 21.7 Å². The van der Waals surface area contributed by atoms with Gasteiger partial charge in [0, 0.05) is 16.6 Å². The van der Waals surface area contributed by atoms with Crippen molar-refractivity contribution in [2.45, 2.75) is 32.7 Å². The van der Waals surface area contributed by atoms with Crippen molar-refractivity contribution in [1.29, 1.82) is 0 Å². The van der Waals surface area contributed by atoms with Gasteiger partial charge in [0.1, 0.15) is 12.2 Å². The van der Waals surface area contributed by atoms with Crippen LogP contribution in [0.1, 0.15) is 42.3 Å². The van der Waals surface area contributed by atoms with Gasteiger partial charge < -0.3 is 0 Å². The predicted molar refractivity (Wildman–Crippen MR) is 111 cm³/mol. The quantitative estimate of drug-likeness (QED) is 0.401. The maximum atomic E-state index is 4.99. The molecule has 3 aromatic carbocycles. The molecule has 0 unspecified atom stereocenters. The fourth-order valence-electron chi connectivity index (χ4n) is 4.75. The Morgan fingerprint density at radius 2 is 1.54 bits per heavy atom. The second kappa shape index (κ2) is 5.65. The monoisotopic (exact) mass is 364 g/mol. The van der Waals surface area contributed by atoms with E-state index in [1.165, 1.54) is 44.9 Å². The molecule has 6 rings (SSSR count). The van der Waals surface area contributed by atoms with Crippen LogP contribution in [-0.4, -0.2) is 9.78 Å². The van der Waals surface area contributed by atoms with Crippen LogP contribution in [0, 0.1) is 0 Å². The van der Waals surface area contributed by atoms with E-state index in [-0.39, 0.29) is 0 Å². The van der Waals surface area contributed by atoms with Gasteiger partial charge in [0.25, 0.3) is 11.6 Å². The summed E-state index contributed by atoms with van der Waals surface area (Å²) < 4.78 is 4.54. The molecule has 0 amide bonds. The molecule has 28 heavy (non-hydrogen) atoms. The largest absolute Gasteiger partial charge is 0.285 e. The summed E-state index contributed by atoms with van der Waals surface area (Å²) in [6.07, 6.45) is 1.01. The minimum atomic E-state index is 0.357. The first kappa shape index (κ1) is 15.8. The Balaban J connectivity index is 1.57. The molecule has 2 aliphatic rings. The third-order valence-corrected chi connectivity index (χ3v) is 6.04. The van der Waals surface area contributed by atoms with Crippen molar-refractivity contribution >= 4 is 0 Å². The second-order valence-electron chi connectivity index (χ2n) is 8.16. The van der Waals surface area contributed by atoms with Gasteiger partial charge in [-0.25, -0.2) is 0 Å². The van der Waals surface area contributed by atoms with Crippen LogP contribution in [0.4, 0.5) is 0 Å². The lowest BCUT2D eigenvalue weighted by molar-refractivity contribution is -0.594. The van der Waals surface area contributed by atoms with E-state index in [9.17, 15) is 0 Å². The zero-order valence-electron chi connectivity index (χ0n) is 16.2. The number of fused-ring (bicyclic) bond motifs is 6. The number of hydrogen-bond acceptors (Lipinski definition) is 1. The van der Waals surface area contributed by atoms with E-state index in [1.54, 1.807) is 0 Å². The van der Waals surface area contributed by atoms with Gasteiger partial charge in [-0.2, -0.15) is 4.57 Å². The zero-order valence-corrected chi connectivity index (χ0v) is 16.2. The SMILES string of the molecule is CC(C)c1nn2c([n+]1-c1ccc3c(c1)Cc1ccccc1-3)-c1ccccc1C2. The first-order chi connectivity index (χ1) is 13.7. The summed E-state index contributed by atoms with van der Waals surface area (Å²) in [6, 6.07) is 24.3. The zero-order chi connectivity index (χ0) is 18.8. The normalized spacial score (nSPS) is 13.4. The maximum absolute atomic E-state index is 4.99. The number of nitrogens with zero attached hydrogens (tertiary/aromatic N) is 3. The highest BCUT2D eigenvalue weighted by Crippen LogP contribution is 2.37. The number of rotatable bonds is 2. The highest BCUT2D eigenvalue weighted by Gasteiger charge is 2.36. The van der Waals surface area contributed by atoms with Crippen LogP contribution in [-0.2, 0) is 13.0 Å². The molecule has 0 saturated carbocycles. The summed E-state index contributed by atoms with van der Waals surface area (Å²) in [5.41, 5.74) is 9.45. The van der Waals surface area contributed by atoms with E-state index < -0.39 is 0 Å². The smallest absolute Gasteiger partial charge is 0.194 e. The van der Waals surface area contributed by atoms with Crippen molar-refractivity contribution in [2.75, 3.05) is 0 Å². The van der Waals surface area contributed by atoms with Crippen molar-refractivity contribution in [3.63, 3.8) is 0 Å². The number of hydrogen-bond donors (Lipinski definition) is 0. The molecule has 0 radical (unpaired) electrons. The molecule has 0 spiro atoms. The van der Waals surface area contributed by atoms with Crippen LogP contribution in [0.5, 0.6) is 0 Å². The molecule has 0 bridgehead atoms. The molecule has 2 heterocycles. The van der Waals surface area contributed by atoms with Gasteiger partial charge in [-0.15, -0.1) is 4.68 Å². The van der Waals surface area contributed by atoms with Crippen LogP contribution in [0.3, 0.4) is 0 Å². The average Bonchev–Trinajstić information content (AvgIpc) is 3.36. The predicted octanol–water partition coefficient (Wildman–Crippen LogP) is 4.88. The summed E-state index contributed by atoms with van der Waals surface area (Å²) in [5, 5.41) is 4.99. The molecule has 3 nitrogen and oxygen atoms in total. The Labute approximate surface area is 164 Å². The van der Waals surface area contributed by atoms with E-state index in [0.717, 1.165) is 18.8 Å². The first-order valence-electron chi connectivity index (χ1n) is 10.0. The summed E-state index contributed by atoms with van der Waals surface area (Å²) in [4.78, 5) is 0. The summed E-state index contributed by atoms with van der Waals surface area (Å²) in [7, 11) is 0. The fraction of sp³-hybridized carbons (Fsp3) is 0.200. The van der Waals surface area contributed by atoms with Crippen molar-refractivity contribution in [3.05, 3.63) is 89.2 Å². The standard InChI is InChI=1S/C25H22N3/c1-16(2)24-26-27-15-18-8-4-6-10-23(18)25(27)28(24)20-11-12-22-19(14-20)13-17-7-3-5-9-21(17)22/h3-12,14,16H,13,15H2,1-2H3/q+1. The van der Waals surface area contributed by atoms with E-state index in [4.69, 9.17) is 5.10 Å². The second-order valence-corrected chi connectivity index (χ2v) is 8.16. The summed E-state index contributed by atoms with van der Waals surface area (Å²) in [5.74, 6) is 2.69. The molecule has 3 heteroatoms. The van der Waals surface area contributed by atoms with E-state index in [2.05, 4.69) is 89.8 Å². The molecule has 4 aromatic rings. The highest BCUT2D eigenvalue weighted by atomic mass is 15.4. The van der Waals surface area contributed by atoms with Crippen LogP contribution < -0.4 is 4.57 Å². The number of aromatic nitrogens is 3. The van der Waals surface area contributed by atoms with Crippen molar-refractivity contribution in [3.8, 4) is 28.2 Å². The third-order valence-electron chi connectivity index (χ3n) is 6.04. The molecule has 1 aliphatic carbocycles. The van der Waals surface area contributed by atoms with Gasteiger partial charge in [-0.1, -0.05) is 62.4 Å². The molecule has 0 saturated heterocycles. The minimum Gasteiger partial charge on any atom is -0.194 e. The molecule has 0 atom stereocenters. The third kappa shape index (κ3) is 2.10. The lowest BCUT2D eigenvalue weighted by atomic mass is 10.0. The van der Waals surface area contributed by atoms with E-state index in [0.29, 0.717) is 5.92 Å². The first-order valence-corrected chi connectivity index (χ1v) is 10.0. The highest BCUT2D eigenvalue weighted by molar-refractivity contribution is 5.77. The van der Waals surface area contributed by atoms with Crippen LogP contribution in [0.25, 0.3) is 28.2 Å². The van der Waals surface area contributed by atoms with Gasteiger partial charge in [0.05, 0.1) is 5.56 Å². The lowest BCUT2D eigenvalue weighted by Crippen LogP contribution is -2.36. The van der Waals surface area contributed by atoms with Crippen LogP contribution >= 0.6 is 0 Å². The van der Waals surface area contributed by atoms with Gasteiger partial charge in [0.15, 0.2) is 0 Å². The minimum absolute atomic E-state index is 0.357. The molecular weight excluding hydrogens is 342 g/mol. The van der Waals surface area contributed by atoms with Crippen molar-refractivity contribution in [2.24, 2.45) is 0 Å². The molecular formula is C25H22N3+. The molecule has 0 fully saturated rings. The van der Waals surface area contributed by atoms with Gasteiger partial charge in [-0.05, 0) is 46.9 Å². The molecule has 1 aliphatic heterocycles. The van der Waals surface area contributed by atoms with Crippen LogP contribution in [0.15, 0.2) is 66.7 Å². The summed E-state index contributed by atoms with van der Waals surface area (Å²) >= 11 is 0. The van der Waals surface area contributed by atoms with Crippen LogP contribution in [0.2, 0.25) is 0 Å². The van der Waals surface area contributed by atoms with Gasteiger partial charge in [-0.3, -0.25) is 0 Å². The Morgan fingerprint density at radius 3 is 2.36 bits per heavy atom. The molecule has 1 aromatic heterocycles. The molecule has 136 valence electrons. The van der Waals surface area contributed by atoms with E-state index >= 15 is 0 Å². The van der Waals surface area contributed by atoms with Crippen molar-refractivity contribution in [1.82, 2.24) is 9.78 Å². The average molecular weight is 364 g/mol. The lowest BCUT2D eigenvalue weighted by Gasteiger charge is -2.08. The fourth-order valence-corrected chi connectivity index (χ4v) is 4.75. The Bertz CT molecular complexity index is 1250. The summed E-state index contributed by atoms with van der Waals surface area (Å²) in [6.45, 7) is 5.31. The van der Waals surface area contributed by atoms with Gasteiger partial charge >= 0.3 is 0 Å². The Morgan fingerprint density at radius 1 is 0.821 bits per heavy atom. The Hall–Kier alpha value is -3.20. The maximum Gasteiger partial charge on any atom is 0.285 e. The van der Waals surface area contributed by atoms with Crippen molar-refractivity contribution < 1.29 is 4.57 Å².